The molecule has 0 radical (unpaired) electrons. The van der Waals surface area contributed by atoms with Crippen molar-refractivity contribution >= 4 is 15.9 Å². The number of benzene rings is 2. The lowest BCUT2D eigenvalue weighted by atomic mass is 9.99. The number of hydrogen-bond donors (Lipinski definition) is 1. The van der Waals surface area contributed by atoms with Crippen molar-refractivity contribution in [1.29, 1.82) is 0 Å². The van der Waals surface area contributed by atoms with E-state index < -0.39 is 17.7 Å². The first kappa shape index (κ1) is 14.0. The molecule has 0 heterocycles. The zero-order valence-corrected chi connectivity index (χ0v) is 11.7. The second-order valence-corrected chi connectivity index (χ2v) is 4.92. The number of rotatable bonds is 3. The fourth-order valence-corrected chi connectivity index (χ4v) is 2.31. The SMILES string of the molecule is COc1ccc(Br)c(C(N)c2cc(F)cc(F)c2)c1. The van der Waals surface area contributed by atoms with Gasteiger partial charge in [0, 0.05) is 10.5 Å². The summed E-state index contributed by atoms with van der Waals surface area (Å²) in [5.41, 5.74) is 7.13. The van der Waals surface area contributed by atoms with E-state index in [0.717, 1.165) is 10.5 Å². The molecule has 0 saturated carbocycles. The van der Waals surface area contributed by atoms with Crippen LogP contribution in [0.1, 0.15) is 17.2 Å². The molecule has 0 aliphatic heterocycles. The van der Waals surface area contributed by atoms with Gasteiger partial charge in [-0.3, -0.25) is 0 Å². The maximum Gasteiger partial charge on any atom is 0.126 e. The molecule has 0 saturated heterocycles. The Balaban J connectivity index is 2.45. The van der Waals surface area contributed by atoms with Crippen LogP contribution in [0.25, 0.3) is 0 Å². The number of ether oxygens (including phenoxy) is 1. The lowest BCUT2D eigenvalue weighted by Crippen LogP contribution is -2.13. The Morgan fingerprint density at radius 1 is 1.11 bits per heavy atom. The van der Waals surface area contributed by atoms with Crippen molar-refractivity contribution in [3.05, 3.63) is 63.6 Å². The van der Waals surface area contributed by atoms with Gasteiger partial charge in [-0.05, 0) is 41.5 Å². The summed E-state index contributed by atoms with van der Waals surface area (Å²) < 4.78 is 32.3. The monoisotopic (exact) mass is 327 g/mol. The highest BCUT2D eigenvalue weighted by atomic mass is 79.9. The van der Waals surface area contributed by atoms with Gasteiger partial charge in [0.25, 0.3) is 0 Å². The first-order valence-electron chi connectivity index (χ1n) is 5.56. The van der Waals surface area contributed by atoms with Crippen molar-refractivity contribution in [2.45, 2.75) is 6.04 Å². The summed E-state index contributed by atoms with van der Waals surface area (Å²) in [7, 11) is 1.54. The molecule has 2 aromatic carbocycles. The highest BCUT2D eigenvalue weighted by Gasteiger charge is 2.15. The molecule has 0 aliphatic carbocycles. The topological polar surface area (TPSA) is 35.2 Å². The molecule has 19 heavy (non-hydrogen) atoms. The van der Waals surface area contributed by atoms with Crippen LogP contribution in [0.4, 0.5) is 8.78 Å². The summed E-state index contributed by atoms with van der Waals surface area (Å²) in [6.07, 6.45) is 0. The van der Waals surface area contributed by atoms with E-state index in [-0.39, 0.29) is 0 Å². The fourth-order valence-electron chi connectivity index (χ4n) is 1.82. The number of halogens is 3. The Bertz CT molecular complexity index is 584. The molecular formula is C14H12BrF2NO. The van der Waals surface area contributed by atoms with Gasteiger partial charge in [-0.1, -0.05) is 15.9 Å². The summed E-state index contributed by atoms with van der Waals surface area (Å²) in [4.78, 5) is 0. The van der Waals surface area contributed by atoms with Crippen LogP contribution in [0.3, 0.4) is 0 Å². The molecule has 1 atom stereocenters. The molecule has 2 nitrogen and oxygen atoms in total. The largest absolute Gasteiger partial charge is 0.497 e. The molecule has 0 fully saturated rings. The Morgan fingerprint density at radius 3 is 2.32 bits per heavy atom. The number of methoxy groups -OCH3 is 1. The van der Waals surface area contributed by atoms with Crippen LogP contribution in [0, 0.1) is 11.6 Å². The van der Waals surface area contributed by atoms with Gasteiger partial charge in [0.2, 0.25) is 0 Å². The van der Waals surface area contributed by atoms with Crippen LogP contribution in [-0.4, -0.2) is 7.11 Å². The Labute approximate surface area is 118 Å². The van der Waals surface area contributed by atoms with E-state index in [9.17, 15) is 8.78 Å². The van der Waals surface area contributed by atoms with E-state index in [1.165, 1.54) is 12.1 Å². The lowest BCUT2D eigenvalue weighted by Gasteiger charge is -2.15. The molecule has 0 aromatic heterocycles. The Morgan fingerprint density at radius 2 is 1.74 bits per heavy atom. The van der Waals surface area contributed by atoms with E-state index in [1.807, 2.05) is 0 Å². The van der Waals surface area contributed by atoms with Gasteiger partial charge in [0.1, 0.15) is 17.4 Å². The maximum absolute atomic E-state index is 13.2. The minimum atomic E-state index is -0.649. The first-order valence-corrected chi connectivity index (χ1v) is 6.35. The molecule has 5 heteroatoms. The zero-order chi connectivity index (χ0) is 14.0. The van der Waals surface area contributed by atoms with Crippen molar-refractivity contribution in [3.8, 4) is 5.75 Å². The second-order valence-electron chi connectivity index (χ2n) is 4.07. The van der Waals surface area contributed by atoms with Crippen molar-refractivity contribution in [3.63, 3.8) is 0 Å². The predicted octanol–water partition coefficient (Wildman–Crippen LogP) is 3.78. The van der Waals surface area contributed by atoms with Crippen LogP contribution in [0.2, 0.25) is 0 Å². The summed E-state index contributed by atoms with van der Waals surface area (Å²) in [6, 6.07) is 7.90. The van der Waals surface area contributed by atoms with Crippen molar-refractivity contribution in [1.82, 2.24) is 0 Å². The van der Waals surface area contributed by atoms with E-state index in [0.29, 0.717) is 16.9 Å². The van der Waals surface area contributed by atoms with Gasteiger partial charge in [0.05, 0.1) is 13.2 Å². The van der Waals surface area contributed by atoms with Gasteiger partial charge >= 0.3 is 0 Å². The molecule has 0 amide bonds. The molecule has 2 rings (SSSR count). The molecular weight excluding hydrogens is 316 g/mol. The molecule has 2 aromatic rings. The van der Waals surface area contributed by atoms with Gasteiger partial charge in [0.15, 0.2) is 0 Å². The Kier molecular flexibility index (Phi) is 4.17. The molecule has 2 N–H and O–H groups in total. The van der Waals surface area contributed by atoms with E-state index in [4.69, 9.17) is 10.5 Å². The van der Waals surface area contributed by atoms with E-state index in [2.05, 4.69) is 15.9 Å². The lowest BCUT2D eigenvalue weighted by molar-refractivity contribution is 0.414. The fraction of sp³-hybridized carbons (Fsp3) is 0.143. The molecule has 0 aliphatic rings. The molecule has 100 valence electrons. The average Bonchev–Trinajstić information content (AvgIpc) is 2.37. The minimum Gasteiger partial charge on any atom is -0.497 e. The first-order chi connectivity index (χ1) is 9.01. The highest BCUT2D eigenvalue weighted by molar-refractivity contribution is 9.10. The maximum atomic E-state index is 13.2. The van der Waals surface area contributed by atoms with Gasteiger partial charge < -0.3 is 10.5 Å². The third-order valence-electron chi connectivity index (χ3n) is 2.78. The third-order valence-corrected chi connectivity index (χ3v) is 3.50. The molecule has 1 unspecified atom stereocenters. The summed E-state index contributed by atoms with van der Waals surface area (Å²) >= 11 is 3.37. The van der Waals surface area contributed by atoms with Crippen molar-refractivity contribution < 1.29 is 13.5 Å². The highest BCUT2D eigenvalue weighted by Crippen LogP contribution is 2.30. The summed E-state index contributed by atoms with van der Waals surface area (Å²) in [5.74, 6) is -0.667. The van der Waals surface area contributed by atoms with Crippen molar-refractivity contribution in [2.24, 2.45) is 5.73 Å². The van der Waals surface area contributed by atoms with Gasteiger partial charge in [-0.2, -0.15) is 0 Å². The zero-order valence-electron chi connectivity index (χ0n) is 10.2. The minimum absolute atomic E-state index is 0.367. The quantitative estimate of drug-likeness (QED) is 0.931. The van der Waals surface area contributed by atoms with Crippen LogP contribution >= 0.6 is 15.9 Å². The van der Waals surface area contributed by atoms with Crippen molar-refractivity contribution in [2.75, 3.05) is 7.11 Å². The van der Waals surface area contributed by atoms with E-state index in [1.54, 1.807) is 25.3 Å². The van der Waals surface area contributed by atoms with E-state index >= 15 is 0 Å². The van der Waals surface area contributed by atoms with Gasteiger partial charge in [-0.25, -0.2) is 8.78 Å². The summed E-state index contributed by atoms with van der Waals surface area (Å²) in [6.45, 7) is 0. The number of hydrogen-bond acceptors (Lipinski definition) is 2. The average molecular weight is 328 g/mol. The van der Waals surface area contributed by atoms with Crippen LogP contribution < -0.4 is 10.5 Å². The third kappa shape index (κ3) is 3.11. The van der Waals surface area contributed by atoms with Crippen LogP contribution in [0.15, 0.2) is 40.9 Å². The summed E-state index contributed by atoms with van der Waals surface area (Å²) in [5, 5.41) is 0. The second kappa shape index (κ2) is 5.67. The normalized spacial score (nSPS) is 12.3. The Hall–Kier alpha value is -1.46. The standard InChI is InChI=1S/C14H12BrF2NO/c1-19-11-2-3-13(15)12(7-11)14(18)8-4-9(16)6-10(17)5-8/h2-7,14H,18H2,1H3. The van der Waals surface area contributed by atoms with Gasteiger partial charge in [-0.15, -0.1) is 0 Å². The molecule has 0 spiro atoms. The smallest absolute Gasteiger partial charge is 0.126 e. The van der Waals surface area contributed by atoms with Crippen LogP contribution in [-0.2, 0) is 0 Å². The van der Waals surface area contributed by atoms with Crippen LogP contribution in [0.5, 0.6) is 5.75 Å². The predicted molar refractivity (Wildman–Crippen MR) is 73.1 cm³/mol. The molecule has 0 bridgehead atoms. The number of nitrogens with two attached hydrogens (primary N) is 1.